The van der Waals surface area contributed by atoms with Crippen LogP contribution >= 0.6 is 0 Å². The lowest BCUT2D eigenvalue weighted by atomic mass is 10.0. The Balaban J connectivity index is 1.60. The second kappa shape index (κ2) is 6.48. The molecule has 0 bridgehead atoms. The molecule has 1 saturated heterocycles. The predicted octanol–water partition coefficient (Wildman–Crippen LogP) is 1.09. The molecule has 1 N–H and O–H groups in total. The van der Waals surface area contributed by atoms with Gasteiger partial charge in [0.1, 0.15) is 17.6 Å². The average Bonchev–Trinajstić information content (AvgIpc) is 3.02. The Labute approximate surface area is 134 Å². The number of carbonyl (C=O) groups is 1. The first-order valence-corrected chi connectivity index (χ1v) is 7.56. The molecular formula is C16H18N6O. The van der Waals surface area contributed by atoms with Crippen molar-refractivity contribution in [3.63, 3.8) is 0 Å². The van der Waals surface area contributed by atoms with Crippen molar-refractivity contribution in [2.24, 2.45) is 7.05 Å². The van der Waals surface area contributed by atoms with E-state index in [0.29, 0.717) is 11.3 Å². The highest BCUT2D eigenvalue weighted by atomic mass is 16.2. The van der Waals surface area contributed by atoms with E-state index in [1.807, 2.05) is 0 Å². The zero-order chi connectivity index (χ0) is 16.2. The zero-order valence-corrected chi connectivity index (χ0v) is 12.9. The fourth-order valence-corrected chi connectivity index (χ4v) is 2.81. The summed E-state index contributed by atoms with van der Waals surface area (Å²) in [5.74, 6) is 0.630. The molecule has 7 nitrogen and oxygen atoms in total. The number of hydrogen-bond acceptors (Lipinski definition) is 5. The minimum Gasteiger partial charge on any atom is -0.355 e. The van der Waals surface area contributed by atoms with Crippen LogP contribution in [0.1, 0.15) is 28.9 Å². The summed E-state index contributed by atoms with van der Waals surface area (Å²) in [5, 5.41) is 12.2. The Kier molecular flexibility index (Phi) is 4.24. The third-order valence-electron chi connectivity index (χ3n) is 4.09. The molecule has 23 heavy (non-hydrogen) atoms. The van der Waals surface area contributed by atoms with E-state index < -0.39 is 0 Å². The molecule has 0 saturated carbocycles. The van der Waals surface area contributed by atoms with Gasteiger partial charge in [-0.15, -0.1) is 0 Å². The third-order valence-corrected chi connectivity index (χ3v) is 4.09. The summed E-state index contributed by atoms with van der Waals surface area (Å²) in [7, 11) is 1.80. The maximum atomic E-state index is 12.2. The number of imidazole rings is 1. The SMILES string of the molecule is Cn1cncc1C(=O)NC1CCN(c2ncccc2C#N)CC1. The predicted molar refractivity (Wildman–Crippen MR) is 84.9 cm³/mol. The minimum absolute atomic E-state index is 0.0981. The summed E-state index contributed by atoms with van der Waals surface area (Å²) in [6.07, 6.45) is 6.53. The van der Waals surface area contributed by atoms with E-state index in [1.165, 1.54) is 0 Å². The number of anilines is 1. The van der Waals surface area contributed by atoms with Gasteiger partial charge in [0, 0.05) is 32.4 Å². The summed E-state index contributed by atoms with van der Waals surface area (Å²) in [6, 6.07) is 5.85. The number of carbonyl (C=O) groups excluding carboxylic acids is 1. The van der Waals surface area contributed by atoms with E-state index in [2.05, 4.69) is 26.3 Å². The van der Waals surface area contributed by atoms with Gasteiger partial charge in [-0.25, -0.2) is 9.97 Å². The molecule has 0 radical (unpaired) electrons. The largest absolute Gasteiger partial charge is 0.355 e. The van der Waals surface area contributed by atoms with Crippen LogP contribution in [0.25, 0.3) is 0 Å². The number of piperidine rings is 1. The van der Waals surface area contributed by atoms with Gasteiger partial charge in [-0.2, -0.15) is 5.26 Å². The van der Waals surface area contributed by atoms with Gasteiger partial charge in [0.05, 0.1) is 18.1 Å². The zero-order valence-electron chi connectivity index (χ0n) is 12.9. The second-order valence-corrected chi connectivity index (χ2v) is 5.61. The fraction of sp³-hybridized carbons (Fsp3) is 0.375. The molecule has 2 aromatic heterocycles. The standard InChI is InChI=1S/C16H18N6O/c1-21-11-18-10-14(21)16(23)20-13-4-7-22(8-5-13)15-12(9-17)3-2-6-19-15/h2-3,6,10-11,13H,4-5,7-8H2,1H3,(H,20,23). The lowest BCUT2D eigenvalue weighted by Gasteiger charge is -2.33. The summed E-state index contributed by atoms with van der Waals surface area (Å²) in [6.45, 7) is 1.53. The molecule has 0 aliphatic carbocycles. The maximum absolute atomic E-state index is 12.2. The molecule has 0 spiro atoms. The van der Waals surface area contributed by atoms with Crippen LogP contribution in [0.15, 0.2) is 30.9 Å². The van der Waals surface area contributed by atoms with Crippen LogP contribution in [0, 0.1) is 11.3 Å². The Bertz CT molecular complexity index is 739. The first-order chi connectivity index (χ1) is 11.2. The number of rotatable bonds is 3. The Hall–Kier alpha value is -2.88. The number of pyridine rings is 1. The molecule has 1 fully saturated rings. The Morgan fingerprint density at radius 2 is 2.22 bits per heavy atom. The van der Waals surface area contributed by atoms with E-state index >= 15 is 0 Å². The lowest BCUT2D eigenvalue weighted by Crippen LogP contribution is -2.45. The van der Waals surface area contributed by atoms with Gasteiger partial charge in [-0.3, -0.25) is 4.79 Å². The number of hydrogen-bond donors (Lipinski definition) is 1. The van der Waals surface area contributed by atoms with Crippen LogP contribution in [0.4, 0.5) is 5.82 Å². The molecule has 7 heteroatoms. The number of aryl methyl sites for hydroxylation is 1. The first kappa shape index (κ1) is 15.0. The fourth-order valence-electron chi connectivity index (χ4n) is 2.81. The van der Waals surface area contributed by atoms with Crippen molar-refractivity contribution in [1.82, 2.24) is 19.9 Å². The Morgan fingerprint density at radius 1 is 1.43 bits per heavy atom. The van der Waals surface area contributed by atoms with E-state index in [0.717, 1.165) is 31.7 Å². The van der Waals surface area contributed by atoms with Gasteiger partial charge in [0.25, 0.3) is 5.91 Å². The van der Waals surface area contributed by atoms with E-state index in [1.54, 1.807) is 42.5 Å². The summed E-state index contributed by atoms with van der Waals surface area (Å²) in [5.41, 5.74) is 1.15. The van der Waals surface area contributed by atoms with Gasteiger partial charge in [0.2, 0.25) is 0 Å². The molecule has 118 valence electrons. The number of nitrogens with zero attached hydrogens (tertiary/aromatic N) is 5. The molecule has 3 rings (SSSR count). The first-order valence-electron chi connectivity index (χ1n) is 7.56. The summed E-state index contributed by atoms with van der Waals surface area (Å²) >= 11 is 0. The van der Waals surface area contributed by atoms with Gasteiger partial charge in [-0.05, 0) is 25.0 Å². The lowest BCUT2D eigenvalue weighted by molar-refractivity contribution is 0.0923. The van der Waals surface area contributed by atoms with Crippen LogP contribution in [0.5, 0.6) is 0 Å². The molecule has 0 aromatic carbocycles. The summed E-state index contributed by atoms with van der Waals surface area (Å²) in [4.78, 5) is 22.6. The van der Waals surface area contributed by atoms with Crippen molar-refractivity contribution in [2.75, 3.05) is 18.0 Å². The highest BCUT2D eigenvalue weighted by Crippen LogP contribution is 2.21. The Morgan fingerprint density at radius 3 is 2.87 bits per heavy atom. The smallest absolute Gasteiger partial charge is 0.269 e. The third kappa shape index (κ3) is 3.16. The number of nitriles is 1. The quantitative estimate of drug-likeness (QED) is 0.917. The van der Waals surface area contributed by atoms with E-state index in [-0.39, 0.29) is 11.9 Å². The molecule has 1 amide bonds. The van der Waals surface area contributed by atoms with Crippen LogP contribution in [-0.4, -0.2) is 39.6 Å². The average molecular weight is 310 g/mol. The molecule has 0 unspecified atom stereocenters. The van der Waals surface area contributed by atoms with Crippen molar-refractivity contribution < 1.29 is 4.79 Å². The van der Waals surface area contributed by atoms with Gasteiger partial charge >= 0.3 is 0 Å². The molecule has 2 aromatic rings. The maximum Gasteiger partial charge on any atom is 0.269 e. The minimum atomic E-state index is -0.0981. The van der Waals surface area contributed by atoms with Crippen molar-refractivity contribution >= 4 is 11.7 Å². The molecular weight excluding hydrogens is 292 g/mol. The van der Waals surface area contributed by atoms with E-state index in [4.69, 9.17) is 5.26 Å². The number of nitrogens with one attached hydrogen (secondary N) is 1. The van der Waals surface area contributed by atoms with Crippen LogP contribution in [0.2, 0.25) is 0 Å². The van der Waals surface area contributed by atoms with Gasteiger partial charge in [-0.1, -0.05) is 0 Å². The van der Waals surface area contributed by atoms with Crippen molar-refractivity contribution in [3.8, 4) is 6.07 Å². The van der Waals surface area contributed by atoms with Gasteiger partial charge in [0.15, 0.2) is 0 Å². The molecule has 1 aliphatic heterocycles. The molecule has 1 aliphatic rings. The molecule has 0 atom stereocenters. The monoisotopic (exact) mass is 310 g/mol. The highest BCUT2D eigenvalue weighted by molar-refractivity contribution is 5.92. The normalized spacial score (nSPS) is 15.2. The number of aromatic nitrogens is 3. The van der Waals surface area contributed by atoms with Crippen LogP contribution in [-0.2, 0) is 7.05 Å². The van der Waals surface area contributed by atoms with Crippen molar-refractivity contribution in [3.05, 3.63) is 42.1 Å². The second-order valence-electron chi connectivity index (χ2n) is 5.61. The van der Waals surface area contributed by atoms with Crippen molar-refractivity contribution in [2.45, 2.75) is 18.9 Å². The topological polar surface area (TPSA) is 86.8 Å². The molecule has 3 heterocycles. The van der Waals surface area contributed by atoms with Gasteiger partial charge < -0.3 is 14.8 Å². The van der Waals surface area contributed by atoms with Crippen molar-refractivity contribution in [1.29, 1.82) is 5.26 Å². The highest BCUT2D eigenvalue weighted by Gasteiger charge is 2.24. The van der Waals surface area contributed by atoms with E-state index in [9.17, 15) is 4.79 Å². The van der Waals surface area contributed by atoms with Crippen LogP contribution in [0.3, 0.4) is 0 Å². The number of amides is 1. The van der Waals surface area contributed by atoms with Crippen LogP contribution < -0.4 is 10.2 Å². The summed E-state index contributed by atoms with van der Waals surface area (Å²) < 4.78 is 1.71.